The minimum absolute atomic E-state index is 0.270. The van der Waals surface area contributed by atoms with E-state index in [1.54, 1.807) is 32.9 Å². The van der Waals surface area contributed by atoms with E-state index < -0.39 is 11.0 Å². The fourth-order valence-corrected chi connectivity index (χ4v) is 2.68. The third kappa shape index (κ3) is 4.32. The average Bonchev–Trinajstić information content (AvgIpc) is 2.61. The highest BCUT2D eigenvalue weighted by Gasteiger charge is 2.37. The fraction of sp³-hybridized carbons (Fsp3) is 0.348. The maximum Gasteiger partial charge on any atom is 0.313 e. The van der Waals surface area contributed by atoms with Crippen LogP contribution in [0.1, 0.15) is 46.1 Å². The largest absolute Gasteiger partial charge is 0.441 e. The Balaban J connectivity index is 2.38. The van der Waals surface area contributed by atoms with Crippen LogP contribution in [0.25, 0.3) is 11.1 Å². The molecule has 0 aromatic heterocycles. The van der Waals surface area contributed by atoms with Crippen LogP contribution in [0, 0.1) is 23.6 Å². The van der Waals surface area contributed by atoms with Crippen LogP contribution in [0.15, 0.2) is 48.5 Å². The molecule has 0 aliphatic rings. The van der Waals surface area contributed by atoms with Crippen molar-refractivity contribution < 1.29 is 13.9 Å². The van der Waals surface area contributed by atoms with Gasteiger partial charge in [0.15, 0.2) is 5.60 Å². The van der Waals surface area contributed by atoms with E-state index >= 15 is 0 Å². The summed E-state index contributed by atoms with van der Waals surface area (Å²) in [6, 6.07) is 13.9. The van der Waals surface area contributed by atoms with E-state index in [2.05, 4.69) is 5.92 Å². The Morgan fingerprint density at radius 2 is 1.54 bits per heavy atom. The van der Waals surface area contributed by atoms with Crippen molar-refractivity contribution in [2.75, 3.05) is 0 Å². The zero-order valence-corrected chi connectivity index (χ0v) is 15.8. The minimum Gasteiger partial charge on any atom is -0.441 e. The van der Waals surface area contributed by atoms with Gasteiger partial charge in [-0.3, -0.25) is 4.79 Å². The lowest BCUT2D eigenvalue weighted by Gasteiger charge is -2.32. The van der Waals surface area contributed by atoms with Crippen LogP contribution in [0.4, 0.5) is 4.39 Å². The van der Waals surface area contributed by atoms with E-state index in [1.165, 1.54) is 12.1 Å². The summed E-state index contributed by atoms with van der Waals surface area (Å²) in [6.45, 7) is 7.42. The molecule has 0 N–H and O–H groups in total. The summed E-state index contributed by atoms with van der Waals surface area (Å²) in [7, 11) is 0. The number of carbonyl (C=O) groups is 1. The van der Waals surface area contributed by atoms with E-state index in [4.69, 9.17) is 11.2 Å². The van der Waals surface area contributed by atoms with Crippen molar-refractivity contribution in [1.82, 2.24) is 0 Å². The van der Waals surface area contributed by atoms with Crippen LogP contribution in [0.3, 0.4) is 0 Å². The van der Waals surface area contributed by atoms with Gasteiger partial charge in [0.25, 0.3) is 0 Å². The fourth-order valence-electron chi connectivity index (χ4n) is 2.68. The molecule has 0 amide bonds. The SMILES string of the molecule is C#CC(CCC)(OC(=O)C(C)(C)C)c1ccc(-c2ccc(F)cc2)cc1. The smallest absolute Gasteiger partial charge is 0.313 e. The highest BCUT2D eigenvalue weighted by Crippen LogP contribution is 2.34. The maximum absolute atomic E-state index is 13.1. The second kappa shape index (κ2) is 7.74. The zero-order valence-electron chi connectivity index (χ0n) is 15.8. The first kappa shape index (κ1) is 19.7. The Labute approximate surface area is 155 Å². The first-order valence-corrected chi connectivity index (χ1v) is 8.79. The first-order chi connectivity index (χ1) is 12.2. The van der Waals surface area contributed by atoms with Crippen molar-refractivity contribution in [2.24, 2.45) is 5.41 Å². The number of hydrogen-bond donors (Lipinski definition) is 0. The number of ether oxygens (including phenoxy) is 1. The number of carbonyl (C=O) groups excluding carboxylic acids is 1. The van der Waals surface area contributed by atoms with Gasteiger partial charge < -0.3 is 4.74 Å². The van der Waals surface area contributed by atoms with Crippen molar-refractivity contribution in [3.8, 4) is 23.5 Å². The molecule has 0 fully saturated rings. The molecule has 2 aromatic rings. The van der Waals surface area contributed by atoms with Crippen LogP contribution in [-0.2, 0) is 15.1 Å². The molecule has 0 radical (unpaired) electrons. The summed E-state index contributed by atoms with van der Waals surface area (Å²) >= 11 is 0. The van der Waals surface area contributed by atoms with Crippen molar-refractivity contribution in [3.05, 3.63) is 59.9 Å². The molecule has 26 heavy (non-hydrogen) atoms. The Morgan fingerprint density at radius 3 is 1.96 bits per heavy atom. The monoisotopic (exact) mass is 352 g/mol. The van der Waals surface area contributed by atoms with Gasteiger partial charge in [-0.25, -0.2) is 4.39 Å². The van der Waals surface area contributed by atoms with Crippen molar-refractivity contribution in [2.45, 2.75) is 46.1 Å². The Morgan fingerprint density at radius 1 is 1.04 bits per heavy atom. The number of benzene rings is 2. The third-order valence-electron chi connectivity index (χ3n) is 4.24. The molecule has 2 rings (SSSR count). The molecule has 1 atom stereocenters. The van der Waals surface area contributed by atoms with E-state index in [9.17, 15) is 9.18 Å². The highest BCUT2D eigenvalue weighted by atomic mass is 19.1. The number of terminal acetylenes is 1. The average molecular weight is 352 g/mol. The molecular weight excluding hydrogens is 327 g/mol. The van der Waals surface area contributed by atoms with Gasteiger partial charge in [-0.15, -0.1) is 6.42 Å². The van der Waals surface area contributed by atoms with Crippen molar-refractivity contribution >= 4 is 5.97 Å². The molecule has 1 unspecified atom stereocenters. The molecule has 0 aliphatic carbocycles. The summed E-state index contributed by atoms with van der Waals surface area (Å²) in [4.78, 5) is 12.5. The van der Waals surface area contributed by atoms with Crippen LogP contribution >= 0.6 is 0 Å². The summed E-state index contributed by atoms with van der Waals surface area (Å²) in [5.74, 6) is 2.11. The standard InChI is InChI=1S/C23H25FO2/c1-6-16-23(7-2,26-21(25)22(3,4)5)19-12-8-17(9-13-19)18-10-14-20(24)15-11-18/h2,8-15H,6,16H2,1,3-5H3. The van der Waals surface area contributed by atoms with E-state index in [1.807, 2.05) is 31.2 Å². The van der Waals surface area contributed by atoms with Gasteiger partial charge in [-0.05, 0) is 44.0 Å². The second-order valence-electron chi connectivity index (χ2n) is 7.45. The van der Waals surface area contributed by atoms with Gasteiger partial charge in [-0.1, -0.05) is 55.7 Å². The maximum atomic E-state index is 13.1. The lowest BCUT2D eigenvalue weighted by atomic mass is 9.87. The van der Waals surface area contributed by atoms with E-state index in [-0.39, 0.29) is 11.8 Å². The molecule has 0 bridgehead atoms. The summed E-state index contributed by atoms with van der Waals surface area (Å²) in [6.07, 6.45) is 7.14. The predicted molar refractivity (Wildman–Crippen MR) is 103 cm³/mol. The molecule has 0 aliphatic heterocycles. The van der Waals surface area contributed by atoms with Crippen LogP contribution in [0.2, 0.25) is 0 Å². The number of hydrogen-bond acceptors (Lipinski definition) is 2. The number of rotatable bonds is 5. The van der Waals surface area contributed by atoms with Gasteiger partial charge in [0.1, 0.15) is 5.82 Å². The molecule has 0 saturated heterocycles. The quantitative estimate of drug-likeness (QED) is 0.509. The summed E-state index contributed by atoms with van der Waals surface area (Å²) < 4.78 is 18.9. The minimum atomic E-state index is -1.08. The number of halogens is 1. The van der Waals surface area contributed by atoms with Crippen LogP contribution < -0.4 is 0 Å². The van der Waals surface area contributed by atoms with Gasteiger partial charge in [0.05, 0.1) is 5.41 Å². The number of esters is 1. The van der Waals surface area contributed by atoms with Crippen molar-refractivity contribution in [3.63, 3.8) is 0 Å². The van der Waals surface area contributed by atoms with Gasteiger partial charge in [0, 0.05) is 12.0 Å². The predicted octanol–water partition coefficient (Wildman–Crippen LogP) is 5.71. The molecular formula is C23H25FO2. The van der Waals surface area contributed by atoms with Gasteiger partial charge in [-0.2, -0.15) is 0 Å². The Bertz CT molecular complexity index is 792. The molecule has 0 spiro atoms. The lowest BCUT2D eigenvalue weighted by molar-refractivity contribution is -0.165. The zero-order chi connectivity index (χ0) is 19.4. The van der Waals surface area contributed by atoms with Crippen LogP contribution in [0.5, 0.6) is 0 Å². The Kier molecular flexibility index (Phi) is 5.87. The normalized spacial score (nSPS) is 13.5. The van der Waals surface area contributed by atoms with Gasteiger partial charge in [0.2, 0.25) is 0 Å². The molecule has 2 aromatic carbocycles. The third-order valence-corrected chi connectivity index (χ3v) is 4.24. The second-order valence-corrected chi connectivity index (χ2v) is 7.45. The highest BCUT2D eigenvalue weighted by molar-refractivity contribution is 5.76. The Hall–Kier alpha value is -2.60. The molecule has 0 saturated carbocycles. The summed E-state index contributed by atoms with van der Waals surface area (Å²) in [5, 5.41) is 0. The van der Waals surface area contributed by atoms with Crippen molar-refractivity contribution in [1.29, 1.82) is 0 Å². The van der Waals surface area contributed by atoms with Gasteiger partial charge >= 0.3 is 5.97 Å². The molecule has 2 nitrogen and oxygen atoms in total. The molecule has 136 valence electrons. The van der Waals surface area contributed by atoms with E-state index in [0.29, 0.717) is 6.42 Å². The molecule has 0 heterocycles. The molecule has 3 heteroatoms. The first-order valence-electron chi connectivity index (χ1n) is 8.79. The lowest BCUT2D eigenvalue weighted by Crippen LogP contribution is -2.36. The van der Waals surface area contributed by atoms with Crippen LogP contribution in [-0.4, -0.2) is 5.97 Å². The topological polar surface area (TPSA) is 26.3 Å². The van der Waals surface area contributed by atoms with E-state index in [0.717, 1.165) is 23.1 Å². The summed E-state index contributed by atoms with van der Waals surface area (Å²) in [5.41, 5.74) is 0.903.